The molecule has 0 bridgehead atoms. The van der Waals surface area contributed by atoms with Crippen LogP contribution in [0.1, 0.15) is 25.1 Å². The molecule has 3 rings (SSSR count). The van der Waals surface area contributed by atoms with Crippen molar-refractivity contribution in [3.8, 4) is 11.3 Å². The van der Waals surface area contributed by atoms with Crippen molar-refractivity contribution >= 4 is 0 Å². The molecule has 0 aliphatic rings. The molecule has 2 aromatic heterocycles. The Morgan fingerprint density at radius 3 is 2.42 bits per heavy atom. The van der Waals surface area contributed by atoms with Crippen LogP contribution in [0.25, 0.3) is 11.3 Å². The van der Waals surface area contributed by atoms with Gasteiger partial charge in [-0.1, -0.05) is 26.0 Å². The van der Waals surface area contributed by atoms with Gasteiger partial charge < -0.3 is 10.3 Å². The van der Waals surface area contributed by atoms with E-state index in [0.29, 0.717) is 6.54 Å². The molecule has 0 aliphatic carbocycles. The van der Waals surface area contributed by atoms with Gasteiger partial charge in [0.05, 0.1) is 23.9 Å². The first-order chi connectivity index (χ1) is 11.8. The molecule has 126 valence electrons. The van der Waals surface area contributed by atoms with Gasteiger partial charge in [-0.05, 0) is 36.2 Å². The Morgan fingerprint density at radius 2 is 1.79 bits per heavy atom. The third kappa shape index (κ3) is 4.49. The van der Waals surface area contributed by atoms with Gasteiger partial charge in [-0.2, -0.15) is 0 Å². The van der Waals surface area contributed by atoms with Crippen LogP contribution in [0.2, 0.25) is 0 Å². The number of aromatic nitrogens is 3. The van der Waals surface area contributed by atoms with E-state index in [1.807, 2.05) is 50.5 Å². The average molecular weight is 326 g/mol. The second-order valence-corrected chi connectivity index (χ2v) is 5.09. The molecule has 3 aromatic rings. The van der Waals surface area contributed by atoms with Crippen LogP contribution in [0.4, 0.5) is 4.39 Å². The molecule has 0 fully saturated rings. The predicted octanol–water partition coefficient (Wildman–Crippen LogP) is 3.81. The topological polar surface area (TPSA) is 56.7 Å². The predicted molar refractivity (Wildman–Crippen MR) is 94.8 cm³/mol. The largest absolute Gasteiger partial charge is 0.330 e. The number of nitrogens with two attached hydrogens (primary N) is 1. The first-order valence-corrected chi connectivity index (χ1v) is 8.16. The number of pyridine rings is 1. The number of hydrogen-bond acceptors (Lipinski definition) is 3. The lowest BCUT2D eigenvalue weighted by molar-refractivity contribution is 0.625. The van der Waals surface area contributed by atoms with E-state index in [0.717, 1.165) is 35.5 Å². The van der Waals surface area contributed by atoms with E-state index in [1.165, 1.54) is 12.1 Å². The third-order valence-corrected chi connectivity index (χ3v) is 3.60. The van der Waals surface area contributed by atoms with Crippen LogP contribution in [-0.4, -0.2) is 14.5 Å². The molecular weight excluding hydrogens is 303 g/mol. The van der Waals surface area contributed by atoms with E-state index < -0.39 is 0 Å². The maximum Gasteiger partial charge on any atom is 0.123 e. The Kier molecular flexibility index (Phi) is 6.63. The van der Waals surface area contributed by atoms with Crippen LogP contribution < -0.4 is 5.73 Å². The Balaban J connectivity index is 0.00000100. The zero-order chi connectivity index (χ0) is 17.4. The summed E-state index contributed by atoms with van der Waals surface area (Å²) < 4.78 is 15.0. The molecule has 2 heterocycles. The highest BCUT2D eigenvalue weighted by Gasteiger charge is 2.06. The molecule has 0 unspecified atom stereocenters. The number of benzene rings is 1. The minimum Gasteiger partial charge on any atom is -0.330 e. The van der Waals surface area contributed by atoms with Crippen LogP contribution in [-0.2, 0) is 19.5 Å². The maximum absolute atomic E-state index is 12.9. The molecule has 0 spiro atoms. The van der Waals surface area contributed by atoms with Gasteiger partial charge in [-0.25, -0.2) is 9.37 Å². The van der Waals surface area contributed by atoms with Crippen LogP contribution in [0, 0.1) is 5.82 Å². The average Bonchev–Trinajstić information content (AvgIpc) is 3.11. The minimum atomic E-state index is -0.210. The summed E-state index contributed by atoms with van der Waals surface area (Å²) in [5.41, 5.74) is 9.54. The highest BCUT2D eigenvalue weighted by Crippen LogP contribution is 2.19. The first-order valence-electron chi connectivity index (χ1n) is 8.16. The van der Waals surface area contributed by atoms with Gasteiger partial charge in [0.2, 0.25) is 0 Å². The van der Waals surface area contributed by atoms with Crippen LogP contribution >= 0.6 is 0 Å². The normalized spacial score (nSPS) is 10.2. The molecule has 0 saturated heterocycles. The summed E-state index contributed by atoms with van der Waals surface area (Å²) in [5, 5.41) is 0. The molecule has 0 amide bonds. The minimum absolute atomic E-state index is 0.210. The smallest absolute Gasteiger partial charge is 0.123 e. The molecule has 4 nitrogen and oxygen atoms in total. The third-order valence-electron chi connectivity index (χ3n) is 3.60. The number of hydrogen-bond donors (Lipinski definition) is 1. The summed E-state index contributed by atoms with van der Waals surface area (Å²) in [6.07, 6.45) is 6.26. The van der Waals surface area contributed by atoms with Crippen molar-refractivity contribution in [3.05, 3.63) is 72.2 Å². The van der Waals surface area contributed by atoms with E-state index in [4.69, 9.17) is 5.73 Å². The van der Waals surface area contributed by atoms with Crippen LogP contribution in [0.15, 0.2) is 55.1 Å². The first kappa shape index (κ1) is 17.8. The second kappa shape index (κ2) is 8.93. The molecule has 0 saturated carbocycles. The van der Waals surface area contributed by atoms with Crippen molar-refractivity contribution in [2.45, 2.75) is 33.4 Å². The summed E-state index contributed by atoms with van der Waals surface area (Å²) in [5.74, 6) is -0.210. The number of rotatable bonds is 5. The van der Waals surface area contributed by atoms with Gasteiger partial charge in [-0.15, -0.1) is 0 Å². The Hall–Kier alpha value is -2.53. The number of halogens is 1. The fourth-order valence-electron chi connectivity index (χ4n) is 2.34. The van der Waals surface area contributed by atoms with Crippen molar-refractivity contribution in [1.82, 2.24) is 14.5 Å². The number of aryl methyl sites for hydroxylation is 2. The van der Waals surface area contributed by atoms with Gasteiger partial charge >= 0.3 is 0 Å². The summed E-state index contributed by atoms with van der Waals surface area (Å²) in [6, 6.07) is 10.5. The molecule has 0 atom stereocenters. The Morgan fingerprint density at radius 1 is 1.04 bits per heavy atom. The standard InChI is InChI=1S/C17H17FN4.C2H6/c18-15-4-1-13(2-5-15)7-8-22-12-20-11-17(22)14-3-6-16(9-19)21-10-14;1-2/h1-6,10-12H,7-9,19H2;1-2H3. The lowest BCUT2D eigenvalue weighted by Gasteiger charge is -2.08. The second-order valence-electron chi connectivity index (χ2n) is 5.09. The van der Waals surface area contributed by atoms with E-state index >= 15 is 0 Å². The van der Waals surface area contributed by atoms with Crippen molar-refractivity contribution in [3.63, 3.8) is 0 Å². The molecule has 2 N–H and O–H groups in total. The molecule has 0 radical (unpaired) electrons. The summed E-state index contributed by atoms with van der Waals surface area (Å²) in [6.45, 7) is 5.21. The van der Waals surface area contributed by atoms with Gasteiger partial charge in [0.1, 0.15) is 5.82 Å². The SMILES string of the molecule is CC.NCc1ccc(-c2cncn2CCc2ccc(F)cc2)cn1. The van der Waals surface area contributed by atoms with Gasteiger partial charge in [0, 0.05) is 24.8 Å². The summed E-state index contributed by atoms with van der Waals surface area (Å²) in [7, 11) is 0. The van der Waals surface area contributed by atoms with Crippen molar-refractivity contribution in [2.24, 2.45) is 5.73 Å². The zero-order valence-electron chi connectivity index (χ0n) is 14.1. The van der Waals surface area contributed by atoms with E-state index in [9.17, 15) is 4.39 Å². The molecular formula is C19H23FN4. The van der Waals surface area contributed by atoms with E-state index in [2.05, 4.69) is 14.5 Å². The van der Waals surface area contributed by atoms with Gasteiger partial charge in [0.25, 0.3) is 0 Å². The summed E-state index contributed by atoms with van der Waals surface area (Å²) in [4.78, 5) is 8.53. The maximum atomic E-state index is 12.9. The van der Waals surface area contributed by atoms with Crippen molar-refractivity contribution in [2.75, 3.05) is 0 Å². The fourth-order valence-corrected chi connectivity index (χ4v) is 2.34. The van der Waals surface area contributed by atoms with Gasteiger partial charge in [-0.3, -0.25) is 4.98 Å². The monoisotopic (exact) mass is 326 g/mol. The molecule has 24 heavy (non-hydrogen) atoms. The lowest BCUT2D eigenvalue weighted by atomic mass is 10.1. The van der Waals surface area contributed by atoms with E-state index in [-0.39, 0.29) is 5.82 Å². The molecule has 5 heteroatoms. The Bertz CT molecular complexity index is 733. The van der Waals surface area contributed by atoms with Gasteiger partial charge in [0.15, 0.2) is 0 Å². The molecule has 1 aromatic carbocycles. The van der Waals surface area contributed by atoms with Crippen molar-refractivity contribution in [1.29, 1.82) is 0 Å². The number of nitrogens with zero attached hydrogens (tertiary/aromatic N) is 3. The lowest BCUT2D eigenvalue weighted by Crippen LogP contribution is -2.03. The zero-order valence-corrected chi connectivity index (χ0v) is 14.1. The summed E-state index contributed by atoms with van der Waals surface area (Å²) >= 11 is 0. The number of imidazole rings is 1. The quantitative estimate of drug-likeness (QED) is 0.775. The van der Waals surface area contributed by atoms with Crippen molar-refractivity contribution < 1.29 is 4.39 Å². The molecule has 0 aliphatic heterocycles. The fraction of sp³-hybridized carbons (Fsp3) is 0.263. The van der Waals surface area contributed by atoms with Crippen LogP contribution in [0.5, 0.6) is 0 Å². The highest BCUT2D eigenvalue weighted by molar-refractivity contribution is 5.57. The highest BCUT2D eigenvalue weighted by atomic mass is 19.1. The Labute approximate surface area is 142 Å². The van der Waals surface area contributed by atoms with Crippen LogP contribution in [0.3, 0.4) is 0 Å². The van der Waals surface area contributed by atoms with E-state index in [1.54, 1.807) is 6.33 Å².